The van der Waals surface area contributed by atoms with Gasteiger partial charge in [0.2, 0.25) is 5.91 Å². The first-order valence-electron chi connectivity index (χ1n) is 5.56. The lowest BCUT2D eigenvalue weighted by Gasteiger charge is -2.07. The SMILES string of the molecule is CNc1ncnnc1-c1ccc2c(c1)CC(=O)N2. The van der Waals surface area contributed by atoms with Crippen molar-refractivity contribution in [1.82, 2.24) is 15.2 Å². The summed E-state index contributed by atoms with van der Waals surface area (Å²) in [6.07, 6.45) is 1.81. The highest BCUT2D eigenvalue weighted by molar-refractivity contribution is 5.99. The number of amides is 1. The molecule has 0 saturated carbocycles. The number of hydrogen-bond acceptors (Lipinski definition) is 5. The Morgan fingerprint density at radius 1 is 1.39 bits per heavy atom. The summed E-state index contributed by atoms with van der Waals surface area (Å²) in [5, 5.41) is 13.7. The Kier molecular flexibility index (Phi) is 2.40. The molecule has 0 radical (unpaired) electrons. The third-order valence-corrected chi connectivity index (χ3v) is 2.86. The molecule has 2 aromatic rings. The van der Waals surface area contributed by atoms with Gasteiger partial charge in [0, 0.05) is 18.3 Å². The summed E-state index contributed by atoms with van der Waals surface area (Å²) in [7, 11) is 1.78. The third-order valence-electron chi connectivity index (χ3n) is 2.86. The quantitative estimate of drug-likeness (QED) is 0.822. The van der Waals surface area contributed by atoms with Gasteiger partial charge in [-0.25, -0.2) is 4.98 Å². The molecule has 0 atom stereocenters. The van der Waals surface area contributed by atoms with E-state index in [9.17, 15) is 4.79 Å². The van der Waals surface area contributed by atoms with Crippen molar-refractivity contribution in [3.8, 4) is 11.3 Å². The lowest BCUT2D eigenvalue weighted by atomic mass is 10.1. The zero-order chi connectivity index (χ0) is 12.5. The van der Waals surface area contributed by atoms with Crippen molar-refractivity contribution in [3.63, 3.8) is 0 Å². The van der Waals surface area contributed by atoms with Crippen molar-refractivity contribution in [1.29, 1.82) is 0 Å². The van der Waals surface area contributed by atoms with Gasteiger partial charge in [-0.1, -0.05) is 6.07 Å². The largest absolute Gasteiger partial charge is 0.371 e. The molecule has 0 spiro atoms. The number of benzene rings is 1. The van der Waals surface area contributed by atoms with E-state index in [4.69, 9.17) is 0 Å². The maximum atomic E-state index is 11.3. The van der Waals surface area contributed by atoms with E-state index in [0.29, 0.717) is 17.9 Å². The lowest BCUT2D eigenvalue weighted by molar-refractivity contribution is -0.115. The fraction of sp³-hybridized carbons (Fsp3) is 0.167. The molecule has 0 aliphatic carbocycles. The summed E-state index contributed by atoms with van der Waals surface area (Å²) in [4.78, 5) is 15.4. The van der Waals surface area contributed by atoms with E-state index < -0.39 is 0 Å². The topological polar surface area (TPSA) is 79.8 Å². The molecule has 6 heteroatoms. The average Bonchev–Trinajstić information content (AvgIpc) is 2.77. The van der Waals surface area contributed by atoms with Crippen LogP contribution in [-0.2, 0) is 11.2 Å². The molecule has 0 saturated heterocycles. The van der Waals surface area contributed by atoms with Crippen molar-refractivity contribution in [3.05, 3.63) is 30.1 Å². The Balaban J connectivity index is 2.08. The van der Waals surface area contributed by atoms with Crippen LogP contribution < -0.4 is 10.6 Å². The van der Waals surface area contributed by atoms with E-state index in [0.717, 1.165) is 16.8 Å². The van der Waals surface area contributed by atoms with Crippen molar-refractivity contribution in [2.24, 2.45) is 0 Å². The van der Waals surface area contributed by atoms with Crippen LogP contribution in [0, 0.1) is 0 Å². The second kappa shape index (κ2) is 4.06. The maximum Gasteiger partial charge on any atom is 0.228 e. The number of nitrogens with zero attached hydrogens (tertiary/aromatic N) is 3. The highest BCUT2D eigenvalue weighted by Crippen LogP contribution is 2.30. The molecule has 2 heterocycles. The molecule has 18 heavy (non-hydrogen) atoms. The first kappa shape index (κ1) is 10.6. The van der Waals surface area contributed by atoms with E-state index in [1.807, 2.05) is 18.2 Å². The van der Waals surface area contributed by atoms with Gasteiger partial charge in [0.05, 0.1) is 6.42 Å². The number of carbonyl (C=O) groups is 1. The normalized spacial score (nSPS) is 13.1. The van der Waals surface area contributed by atoms with Gasteiger partial charge in [-0.05, 0) is 17.7 Å². The molecular weight excluding hydrogens is 230 g/mol. The fourth-order valence-corrected chi connectivity index (χ4v) is 2.03. The molecule has 0 bridgehead atoms. The Labute approximate surface area is 103 Å². The highest BCUT2D eigenvalue weighted by Gasteiger charge is 2.19. The van der Waals surface area contributed by atoms with Gasteiger partial charge < -0.3 is 10.6 Å². The summed E-state index contributed by atoms with van der Waals surface area (Å²) >= 11 is 0. The van der Waals surface area contributed by atoms with Crippen LogP contribution in [0.2, 0.25) is 0 Å². The van der Waals surface area contributed by atoms with Crippen LogP contribution in [0.15, 0.2) is 24.5 Å². The van der Waals surface area contributed by atoms with E-state index in [1.165, 1.54) is 6.33 Å². The van der Waals surface area contributed by atoms with Gasteiger partial charge in [0.25, 0.3) is 0 Å². The summed E-state index contributed by atoms with van der Waals surface area (Å²) < 4.78 is 0. The Morgan fingerprint density at radius 3 is 3.11 bits per heavy atom. The molecule has 1 amide bonds. The average molecular weight is 241 g/mol. The predicted molar refractivity (Wildman–Crippen MR) is 67.1 cm³/mol. The Bertz CT molecular complexity index is 626. The highest BCUT2D eigenvalue weighted by atomic mass is 16.1. The second-order valence-corrected chi connectivity index (χ2v) is 4.00. The molecule has 1 aromatic heterocycles. The molecule has 1 aliphatic rings. The maximum absolute atomic E-state index is 11.3. The van der Waals surface area contributed by atoms with Crippen LogP contribution in [0.3, 0.4) is 0 Å². The minimum absolute atomic E-state index is 0.0215. The molecular formula is C12H11N5O. The van der Waals surface area contributed by atoms with Crippen LogP contribution in [0.1, 0.15) is 5.56 Å². The number of fused-ring (bicyclic) bond motifs is 1. The first-order valence-corrected chi connectivity index (χ1v) is 5.56. The van der Waals surface area contributed by atoms with Gasteiger partial charge in [0.15, 0.2) is 5.82 Å². The number of nitrogens with one attached hydrogen (secondary N) is 2. The Hall–Kier alpha value is -2.50. The zero-order valence-corrected chi connectivity index (χ0v) is 9.77. The van der Waals surface area contributed by atoms with Crippen LogP contribution in [0.4, 0.5) is 11.5 Å². The molecule has 3 rings (SSSR count). The second-order valence-electron chi connectivity index (χ2n) is 4.00. The Morgan fingerprint density at radius 2 is 2.28 bits per heavy atom. The van der Waals surface area contributed by atoms with Crippen molar-refractivity contribution < 1.29 is 4.79 Å². The summed E-state index contributed by atoms with van der Waals surface area (Å²) in [6, 6.07) is 5.72. The number of hydrogen-bond donors (Lipinski definition) is 2. The molecule has 0 fully saturated rings. The molecule has 6 nitrogen and oxygen atoms in total. The van der Waals surface area contributed by atoms with Gasteiger partial charge in [-0.15, -0.1) is 10.2 Å². The number of aromatic nitrogens is 3. The molecule has 1 aliphatic heterocycles. The van der Waals surface area contributed by atoms with E-state index in [-0.39, 0.29) is 5.91 Å². The fourth-order valence-electron chi connectivity index (χ4n) is 2.03. The predicted octanol–water partition coefficient (Wildman–Crippen LogP) is 1.07. The first-order chi connectivity index (χ1) is 8.78. The molecule has 90 valence electrons. The van der Waals surface area contributed by atoms with E-state index in [1.54, 1.807) is 7.05 Å². The third kappa shape index (κ3) is 1.67. The van der Waals surface area contributed by atoms with Crippen molar-refractivity contribution in [2.75, 3.05) is 17.7 Å². The van der Waals surface area contributed by atoms with Gasteiger partial charge >= 0.3 is 0 Å². The van der Waals surface area contributed by atoms with Crippen molar-refractivity contribution >= 4 is 17.4 Å². The molecule has 0 unspecified atom stereocenters. The smallest absolute Gasteiger partial charge is 0.228 e. The van der Waals surface area contributed by atoms with Crippen molar-refractivity contribution in [2.45, 2.75) is 6.42 Å². The lowest BCUT2D eigenvalue weighted by Crippen LogP contribution is -2.03. The number of carbonyl (C=O) groups excluding carboxylic acids is 1. The summed E-state index contributed by atoms with van der Waals surface area (Å²) in [5.74, 6) is 0.690. The summed E-state index contributed by atoms with van der Waals surface area (Å²) in [6.45, 7) is 0. The van der Waals surface area contributed by atoms with Crippen LogP contribution in [-0.4, -0.2) is 28.1 Å². The monoisotopic (exact) mass is 241 g/mol. The molecule has 2 N–H and O–H groups in total. The van der Waals surface area contributed by atoms with Crippen LogP contribution >= 0.6 is 0 Å². The van der Waals surface area contributed by atoms with E-state index >= 15 is 0 Å². The van der Waals surface area contributed by atoms with Gasteiger partial charge in [0.1, 0.15) is 12.0 Å². The van der Waals surface area contributed by atoms with Gasteiger partial charge in [-0.3, -0.25) is 4.79 Å². The zero-order valence-electron chi connectivity index (χ0n) is 9.77. The standard InChI is InChI=1S/C12H11N5O/c1-13-12-11(17-15-6-14-12)7-2-3-9-8(4-7)5-10(18)16-9/h2-4,6H,5H2,1H3,(H,16,18)(H,13,14,15). The minimum Gasteiger partial charge on any atom is -0.371 e. The molecule has 1 aromatic carbocycles. The van der Waals surface area contributed by atoms with Crippen LogP contribution in [0.5, 0.6) is 0 Å². The number of rotatable bonds is 2. The van der Waals surface area contributed by atoms with Gasteiger partial charge in [-0.2, -0.15) is 0 Å². The van der Waals surface area contributed by atoms with Crippen LogP contribution in [0.25, 0.3) is 11.3 Å². The van der Waals surface area contributed by atoms with E-state index in [2.05, 4.69) is 25.8 Å². The number of anilines is 2. The minimum atomic E-state index is 0.0215. The summed E-state index contributed by atoms with van der Waals surface area (Å²) in [5.41, 5.74) is 3.43.